The molecule has 3 N–H and O–H groups in total. The van der Waals surface area contributed by atoms with Gasteiger partial charge in [0.1, 0.15) is 0 Å². The number of aromatic nitrogens is 3. The van der Waals surface area contributed by atoms with Crippen LogP contribution in [0.3, 0.4) is 0 Å². The summed E-state index contributed by atoms with van der Waals surface area (Å²) in [7, 11) is 0. The van der Waals surface area contributed by atoms with Crippen LogP contribution in [0, 0.1) is 0 Å². The molecule has 0 bridgehead atoms. The summed E-state index contributed by atoms with van der Waals surface area (Å²) in [5.41, 5.74) is 7.09. The minimum absolute atomic E-state index is 0.382. The molecule has 2 unspecified atom stereocenters. The highest BCUT2D eigenvalue weighted by atomic mass is 35.5. The Morgan fingerprint density at radius 1 is 1.03 bits per heavy atom. The molecule has 0 radical (unpaired) electrons. The van der Waals surface area contributed by atoms with Crippen LogP contribution in [0.4, 0.5) is 11.9 Å². The fourth-order valence-corrected chi connectivity index (χ4v) is 5.61. The summed E-state index contributed by atoms with van der Waals surface area (Å²) >= 11 is 6.12. The Hall–Kier alpha value is -1.87. The van der Waals surface area contributed by atoms with Gasteiger partial charge < -0.3 is 15.4 Å². The van der Waals surface area contributed by atoms with Crippen molar-refractivity contribution in [3.63, 3.8) is 0 Å². The molecule has 0 aliphatic carbocycles. The highest BCUT2D eigenvalue weighted by Crippen LogP contribution is 2.32. The molecule has 0 amide bonds. The third-order valence-corrected chi connectivity index (χ3v) is 7.36. The highest BCUT2D eigenvalue weighted by molar-refractivity contribution is 6.30. The third kappa shape index (κ3) is 4.82. The first-order valence-corrected chi connectivity index (χ1v) is 11.8. The molecule has 3 aliphatic heterocycles. The van der Waals surface area contributed by atoms with Gasteiger partial charge in [0.15, 0.2) is 0 Å². The first-order chi connectivity index (χ1) is 15.2. The first kappa shape index (κ1) is 21.0. The maximum Gasteiger partial charge on any atom is 0.226 e. The first-order valence-electron chi connectivity index (χ1n) is 11.4. The summed E-state index contributed by atoms with van der Waals surface area (Å²) < 4.78 is 5.60. The number of hydrogen-bond donors (Lipinski definition) is 2. The third-order valence-electron chi connectivity index (χ3n) is 7.11. The van der Waals surface area contributed by atoms with E-state index in [1.165, 1.54) is 12.0 Å². The predicted octanol–water partition coefficient (Wildman–Crippen LogP) is 2.03. The maximum absolute atomic E-state index is 6.12. The number of anilines is 2. The lowest BCUT2D eigenvalue weighted by molar-refractivity contribution is 0.0173. The van der Waals surface area contributed by atoms with Gasteiger partial charge in [-0.05, 0) is 43.4 Å². The zero-order valence-electron chi connectivity index (χ0n) is 17.9. The molecule has 3 saturated heterocycles. The summed E-state index contributed by atoms with van der Waals surface area (Å²) in [6.07, 6.45) is 4.57. The monoisotopic (exact) mass is 445 g/mol. The fraction of sp³-hybridized carbons (Fsp3) is 0.636. The second-order valence-corrected chi connectivity index (χ2v) is 9.41. The number of nitrogen functional groups attached to an aromatic ring is 1. The van der Waals surface area contributed by atoms with Crippen LogP contribution in [0.15, 0.2) is 24.3 Å². The Bertz CT molecular complexity index is 846. The normalized spacial score (nSPS) is 26.5. The quantitative estimate of drug-likeness (QED) is 0.728. The van der Waals surface area contributed by atoms with Crippen LogP contribution in [0.2, 0.25) is 5.02 Å². The fourth-order valence-electron chi connectivity index (χ4n) is 5.48. The van der Waals surface area contributed by atoms with Crippen LogP contribution in [0.25, 0.3) is 0 Å². The van der Waals surface area contributed by atoms with Gasteiger partial charge in [0.25, 0.3) is 0 Å². The molecule has 2 aromatic rings. The zero-order valence-corrected chi connectivity index (χ0v) is 18.7. The number of hydrogen-bond acceptors (Lipinski definition) is 7. The van der Waals surface area contributed by atoms with Gasteiger partial charge in [0.2, 0.25) is 11.9 Å². The molecule has 2 atom stereocenters. The number of nitrogens with two attached hydrogens (primary N) is 1. The van der Waals surface area contributed by atoms with Crippen molar-refractivity contribution in [3.8, 4) is 0 Å². The van der Waals surface area contributed by atoms with Crippen LogP contribution in [0.5, 0.6) is 0 Å². The van der Waals surface area contributed by atoms with E-state index in [-0.39, 0.29) is 0 Å². The number of benzene rings is 1. The van der Waals surface area contributed by atoms with Crippen molar-refractivity contribution in [2.24, 2.45) is 0 Å². The van der Waals surface area contributed by atoms with E-state index in [0.29, 0.717) is 24.1 Å². The smallest absolute Gasteiger partial charge is 0.226 e. The SMILES string of the molecule is Nc1nnc(N2CCC(N3CC(N4CCOCC4)CC3Cc3ccc(Cl)cc3)CC2)[nH]1. The number of halogens is 1. The van der Waals surface area contributed by atoms with Crippen molar-refractivity contribution in [2.75, 3.05) is 56.6 Å². The van der Waals surface area contributed by atoms with Crippen molar-refractivity contribution in [1.82, 2.24) is 25.0 Å². The largest absolute Gasteiger partial charge is 0.379 e. The van der Waals surface area contributed by atoms with E-state index < -0.39 is 0 Å². The van der Waals surface area contributed by atoms with Crippen molar-refractivity contribution < 1.29 is 4.74 Å². The van der Waals surface area contributed by atoms with Gasteiger partial charge in [0.05, 0.1) is 13.2 Å². The van der Waals surface area contributed by atoms with Gasteiger partial charge in [-0.2, -0.15) is 0 Å². The molecule has 5 rings (SSSR count). The molecule has 168 valence electrons. The van der Waals surface area contributed by atoms with E-state index in [9.17, 15) is 0 Å². The Morgan fingerprint density at radius 2 is 1.77 bits per heavy atom. The van der Waals surface area contributed by atoms with Crippen molar-refractivity contribution in [2.45, 2.75) is 43.8 Å². The van der Waals surface area contributed by atoms with E-state index >= 15 is 0 Å². The Morgan fingerprint density at radius 3 is 2.45 bits per heavy atom. The van der Waals surface area contributed by atoms with Gasteiger partial charge in [-0.15, -0.1) is 10.2 Å². The molecular formula is C22H32ClN7O. The molecule has 0 spiro atoms. The molecule has 1 aromatic carbocycles. The van der Waals surface area contributed by atoms with Gasteiger partial charge in [-0.25, -0.2) is 0 Å². The van der Waals surface area contributed by atoms with Crippen LogP contribution in [-0.2, 0) is 11.2 Å². The number of morpholine rings is 1. The zero-order chi connectivity index (χ0) is 21.2. The average molecular weight is 446 g/mol. The predicted molar refractivity (Wildman–Crippen MR) is 122 cm³/mol. The lowest BCUT2D eigenvalue weighted by Crippen LogP contribution is -2.49. The van der Waals surface area contributed by atoms with Gasteiger partial charge in [0, 0.05) is 55.9 Å². The number of ether oxygens (including phenoxy) is 1. The molecule has 3 fully saturated rings. The summed E-state index contributed by atoms with van der Waals surface area (Å²) in [6.45, 7) is 6.93. The Kier molecular flexibility index (Phi) is 6.31. The number of likely N-dealkylation sites (tertiary alicyclic amines) is 1. The number of aromatic amines is 1. The topological polar surface area (TPSA) is 86.5 Å². The lowest BCUT2D eigenvalue weighted by atomic mass is 9.98. The summed E-state index contributed by atoms with van der Waals surface area (Å²) in [5.74, 6) is 1.18. The summed E-state index contributed by atoms with van der Waals surface area (Å²) in [5, 5.41) is 8.88. The average Bonchev–Trinajstić information content (AvgIpc) is 3.43. The molecular weight excluding hydrogens is 414 g/mol. The Balaban J connectivity index is 1.27. The van der Waals surface area contributed by atoms with Crippen molar-refractivity contribution in [1.29, 1.82) is 0 Å². The molecule has 9 heteroatoms. The van der Waals surface area contributed by atoms with Crippen LogP contribution < -0.4 is 10.6 Å². The molecule has 0 saturated carbocycles. The standard InChI is InChI=1S/C22H32ClN7O/c23-17-3-1-16(2-4-17)13-19-14-20(28-9-11-31-12-10-28)15-30(19)18-5-7-29(8-6-18)22-25-21(24)26-27-22/h1-4,18-20H,5-15H2,(H3,24,25,26,27). The highest BCUT2D eigenvalue weighted by Gasteiger charge is 2.40. The molecule has 4 heterocycles. The van der Waals surface area contributed by atoms with Crippen LogP contribution >= 0.6 is 11.6 Å². The maximum atomic E-state index is 6.12. The van der Waals surface area contributed by atoms with Gasteiger partial charge in [-0.3, -0.25) is 14.8 Å². The van der Waals surface area contributed by atoms with Crippen LogP contribution in [-0.4, -0.2) is 89.0 Å². The van der Waals surface area contributed by atoms with Crippen molar-refractivity contribution >= 4 is 23.5 Å². The molecule has 1 aromatic heterocycles. The lowest BCUT2D eigenvalue weighted by Gasteiger charge is -2.39. The van der Waals surface area contributed by atoms with E-state index in [4.69, 9.17) is 22.1 Å². The van der Waals surface area contributed by atoms with Gasteiger partial charge in [-0.1, -0.05) is 23.7 Å². The van der Waals surface area contributed by atoms with E-state index in [2.05, 4.69) is 42.0 Å². The minimum atomic E-state index is 0.382. The second-order valence-electron chi connectivity index (χ2n) is 8.97. The molecule has 31 heavy (non-hydrogen) atoms. The van der Waals surface area contributed by atoms with E-state index in [1.54, 1.807) is 0 Å². The van der Waals surface area contributed by atoms with Crippen molar-refractivity contribution in [3.05, 3.63) is 34.9 Å². The number of H-pyrrole nitrogens is 1. The summed E-state index contributed by atoms with van der Waals surface area (Å²) in [4.78, 5) is 10.8. The summed E-state index contributed by atoms with van der Waals surface area (Å²) in [6, 6.07) is 10.2. The number of nitrogens with zero attached hydrogens (tertiary/aromatic N) is 5. The van der Waals surface area contributed by atoms with E-state index in [0.717, 1.165) is 76.2 Å². The van der Waals surface area contributed by atoms with Gasteiger partial charge >= 0.3 is 0 Å². The minimum Gasteiger partial charge on any atom is -0.379 e. The van der Waals surface area contributed by atoms with Crippen LogP contribution in [0.1, 0.15) is 24.8 Å². The Labute approximate surface area is 188 Å². The van der Waals surface area contributed by atoms with E-state index in [1.807, 2.05) is 12.1 Å². The molecule has 8 nitrogen and oxygen atoms in total. The number of nitrogens with one attached hydrogen (secondary N) is 1. The number of rotatable bonds is 5. The molecule has 3 aliphatic rings. The number of piperidine rings is 1. The second kappa shape index (κ2) is 9.32.